The van der Waals surface area contributed by atoms with Crippen LogP contribution in [0, 0.1) is 5.92 Å². The molecule has 1 rings (SSSR count). The maximum Gasteiger partial charge on any atom is 0.514 e. The van der Waals surface area contributed by atoms with Gasteiger partial charge in [0.25, 0.3) is 0 Å². The number of carbonyl (C=O) groups excluding carboxylic acids is 3. The molecular formula is C27H41NO11. The molecule has 0 saturated carbocycles. The Balaban J connectivity index is 3.02. The number of ether oxygens (including phenoxy) is 6. The topological polar surface area (TPSA) is 156 Å². The number of rotatable bonds is 11. The monoisotopic (exact) mass is 555 g/mol. The van der Waals surface area contributed by atoms with Crippen LogP contribution in [0.15, 0.2) is 18.2 Å². The van der Waals surface area contributed by atoms with Crippen LogP contribution in [0.25, 0.3) is 0 Å². The molecule has 2 atom stereocenters. The van der Waals surface area contributed by atoms with Crippen molar-refractivity contribution in [1.82, 2.24) is 5.32 Å². The number of benzene rings is 1. The Labute approximate surface area is 229 Å². The van der Waals surface area contributed by atoms with E-state index in [1.807, 2.05) is 13.8 Å². The van der Waals surface area contributed by atoms with Crippen LogP contribution in [0.1, 0.15) is 67.9 Å². The summed E-state index contributed by atoms with van der Waals surface area (Å²) in [5.74, 6) is -1.30. The van der Waals surface area contributed by atoms with Gasteiger partial charge in [0.2, 0.25) is 0 Å². The summed E-state index contributed by atoms with van der Waals surface area (Å²) in [5, 5.41) is 12.5. The highest BCUT2D eigenvalue weighted by molar-refractivity contribution is 5.74. The third-order valence-corrected chi connectivity index (χ3v) is 4.40. The van der Waals surface area contributed by atoms with Gasteiger partial charge in [-0.2, -0.15) is 0 Å². The fourth-order valence-electron chi connectivity index (χ4n) is 2.83. The molecule has 2 N–H and O–H groups in total. The first-order valence-electron chi connectivity index (χ1n) is 12.6. The van der Waals surface area contributed by atoms with Gasteiger partial charge >= 0.3 is 24.4 Å². The van der Waals surface area contributed by atoms with E-state index in [1.54, 1.807) is 48.5 Å². The maximum absolute atomic E-state index is 12.3. The van der Waals surface area contributed by atoms with Gasteiger partial charge in [0, 0.05) is 6.54 Å². The molecule has 0 aliphatic heterocycles. The van der Waals surface area contributed by atoms with Gasteiger partial charge in [0.15, 0.2) is 11.5 Å². The highest BCUT2D eigenvalue weighted by Crippen LogP contribution is 2.31. The molecule has 0 aliphatic rings. The van der Waals surface area contributed by atoms with Gasteiger partial charge in [-0.05, 0) is 78.5 Å². The number of carboxylic acids is 1. The fourth-order valence-corrected chi connectivity index (χ4v) is 2.83. The van der Waals surface area contributed by atoms with Gasteiger partial charge in [0.05, 0.1) is 6.61 Å². The molecule has 0 aliphatic carbocycles. The minimum atomic E-state index is -1.16. The van der Waals surface area contributed by atoms with Crippen LogP contribution in [0.5, 0.6) is 11.5 Å². The van der Waals surface area contributed by atoms with Crippen LogP contribution >= 0.6 is 0 Å². The minimum absolute atomic E-state index is 0.0366. The smallest absolute Gasteiger partial charge is 0.480 e. The predicted molar refractivity (Wildman–Crippen MR) is 140 cm³/mol. The SMILES string of the molecule is CC(C)COC(=O)OC(C)CN[C@@H](Cc1ccc(OC(=O)OC(C)(C)C)c(OC(=O)OC(C)(C)C)c1)C(=O)O. The van der Waals surface area contributed by atoms with E-state index in [0.29, 0.717) is 5.56 Å². The summed E-state index contributed by atoms with van der Waals surface area (Å²) in [6.45, 7) is 15.6. The quantitative estimate of drug-likeness (QED) is 0.212. The summed E-state index contributed by atoms with van der Waals surface area (Å²) in [5.41, 5.74) is -1.23. The summed E-state index contributed by atoms with van der Waals surface area (Å²) in [6, 6.07) is 3.15. The van der Waals surface area contributed by atoms with Crippen molar-refractivity contribution in [2.45, 2.75) is 92.1 Å². The largest absolute Gasteiger partial charge is 0.514 e. The molecule has 0 aromatic heterocycles. The molecule has 12 heteroatoms. The van der Waals surface area contributed by atoms with E-state index in [-0.39, 0.29) is 37.0 Å². The van der Waals surface area contributed by atoms with Crippen molar-refractivity contribution < 1.29 is 52.7 Å². The second-order valence-electron chi connectivity index (χ2n) is 11.3. The summed E-state index contributed by atoms with van der Waals surface area (Å²) < 4.78 is 30.9. The Kier molecular flexibility index (Phi) is 12.5. The van der Waals surface area contributed by atoms with Crippen LogP contribution in [0.3, 0.4) is 0 Å². The van der Waals surface area contributed by atoms with Crippen molar-refractivity contribution in [1.29, 1.82) is 0 Å². The number of carboxylic acid groups (broad SMARTS) is 1. The van der Waals surface area contributed by atoms with E-state index >= 15 is 0 Å². The molecule has 0 saturated heterocycles. The zero-order valence-corrected chi connectivity index (χ0v) is 24.1. The van der Waals surface area contributed by atoms with Gasteiger partial charge in [-0.3, -0.25) is 4.79 Å². The lowest BCUT2D eigenvalue weighted by Crippen LogP contribution is -2.42. The van der Waals surface area contributed by atoms with Crippen molar-refractivity contribution in [3.63, 3.8) is 0 Å². The van der Waals surface area contributed by atoms with Crippen LogP contribution in [0.4, 0.5) is 14.4 Å². The summed E-state index contributed by atoms with van der Waals surface area (Å²) in [6.07, 6.45) is -3.61. The van der Waals surface area contributed by atoms with E-state index in [9.17, 15) is 24.3 Å². The Morgan fingerprint density at radius 3 is 1.87 bits per heavy atom. The number of carbonyl (C=O) groups is 4. The van der Waals surface area contributed by atoms with Crippen molar-refractivity contribution in [2.75, 3.05) is 13.2 Å². The second-order valence-corrected chi connectivity index (χ2v) is 11.3. The number of hydrogen-bond acceptors (Lipinski definition) is 11. The lowest BCUT2D eigenvalue weighted by atomic mass is 10.0. The molecule has 0 fully saturated rings. The highest BCUT2D eigenvalue weighted by Gasteiger charge is 2.25. The molecule has 0 bridgehead atoms. The van der Waals surface area contributed by atoms with Gasteiger partial charge in [-0.1, -0.05) is 19.9 Å². The van der Waals surface area contributed by atoms with Crippen molar-refractivity contribution in [2.24, 2.45) is 5.92 Å². The highest BCUT2D eigenvalue weighted by atomic mass is 16.8. The number of nitrogens with one attached hydrogen (secondary N) is 1. The normalized spacial score (nSPS) is 13.2. The van der Waals surface area contributed by atoms with Crippen molar-refractivity contribution in [3.05, 3.63) is 23.8 Å². The van der Waals surface area contributed by atoms with E-state index in [2.05, 4.69) is 5.32 Å². The molecule has 0 radical (unpaired) electrons. The van der Waals surface area contributed by atoms with E-state index in [0.717, 1.165) is 0 Å². The van der Waals surface area contributed by atoms with E-state index < -0.39 is 47.8 Å². The van der Waals surface area contributed by atoms with Gasteiger partial charge in [0.1, 0.15) is 23.3 Å². The average Bonchev–Trinajstić information content (AvgIpc) is 2.74. The lowest BCUT2D eigenvalue weighted by Gasteiger charge is -2.21. The first-order chi connectivity index (χ1) is 17.8. The van der Waals surface area contributed by atoms with E-state index in [4.69, 9.17) is 28.4 Å². The fraction of sp³-hybridized carbons (Fsp3) is 0.630. The molecule has 1 aromatic carbocycles. The zero-order chi connectivity index (χ0) is 30.0. The van der Waals surface area contributed by atoms with Crippen LogP contribution in [0.2, 0.25) is 0 Å². The third kappa shape index (κ3) is 14.8. The molecule has 39 heavy (non-hydrogen) atoms. The average molecular weight is 556 g/mol. The first kappa shape index (κ1) is 33.5. The van der Waals surface area contributed by atoms with Gasteiger partial charge < -0.3 is 38.8 Å². The van der Waals surface area contributed by atoms with Crippen LogP contribution in [-0.4, -0.2) is 66.0 Å². The summed E-state index contributed by atoms with van der Waals surface area (Å²) in [4.78, 5) is 48.1. The van der Waals surface area contributed by atoms with Crippen LogP contribution in [-0.2, 0) is 30.2 Å². The molecule has 12 nitrogen and oxygen atoms in total. The number of hydrogen-bond donors (Lipinski definition) is 2. The van der Waals surface area contributed by atoms with Crippen LogP contribution < -0.4 is 14.8 Å². The Bertz CT molecular complexity index is 992. The molecule has 0 heterocycles. The van der Waals surface area contributed by atoms with Crippen molar-refractivity contribution >= 4 is 24.4 Å². The molecule has 1 aromatic rings. The third-order valence-electron chi connectivity index (χ3n) is 4.40. The van der Waals surface area contributed by atoms with E-state index in [1.165, 1.54) is 18.2 Å². The predicted octanol–water partition coefficient (Wildman–Crippen LogP) is 5.10. The molecule has 1 unspecified atom stereocenters. The second kappa shape index (κ2) is 14.6. The van der Waals surface area contributed by atoms with Gasteiger partial charge in [-0.15, -0.1) is 0 Å². The molecular weight excluding hydrogens is 514 g/mol. The zero-order valence-electron chi connectivity index (χ0n) is 24.1. The van der Waals surface area contributed by atoms with Crippen molar-refractivity contribution in [3.8, 4) is 11.5 Å². The maximum atomic E-state index is 12.3. The summed E-state index contributed by atoms with van der Waals surface area (Å²) >= 11 is 0. The standard InChI is InChI=1S/C27H41NO11/c1-16(2)15-34-23(31)35-17(3)14-28-19(22(29)30)12-18-10-11-20(36-24(32)38-26(4,5)6)21(13-18)37-25(33)39-27(7,8)9/h10-11,13,16-17,19,28H,12,14-15H2,1-9H3,(H,29,30)/t17?,19-/m0/s1. The Morgan fingerprint density at radius 2 is 1.38 bits per heavy atom. The lowest BCUT2D eigenvalue weighted by molar-refractivity contribution is -0.139. The van der Waals surface area contributed by atoms with Gasteiger partial charge in [-0.25, -0.2) is 14.4 Å². The number of aliphatic carboxylic acids is 1. The molecule has 0 amide bonds. The Hall–Kier alpha value is -3.54. The summed E-state index contributed by atoms with van der Waals surface area (Å²) in [7, 11) is 0. The first-order valence-corrected chi connectivity index (χ1v) is 12.6. The Morgan fingerprint density at radius 1 is 0.846 bits per heavy atom. The molecule has 0 spiro atoms. The minimum Gasteiger partial charge on any atom is -0.480 e. The molecule has 220 valence electrons.